The SMILES string of the molecule is C=C(C)[C@@H]1CC[C@]2(c3ncn(CCN4CCS(=O)(=O)CC4)n3)CC[C@]3(C)[C@H](CC[C@@H]4[C@@]5(C)CC=C(c6ccc(C(=O)O)cc6)C(C)(C)[C@@H]5CC[C@]43C)[C@@H]12. The minimum Gasteiger partial charge on any atom is -0.478 e. The Morgan fingerprint density at radius 1 is 0.906 bits per heavy atom. The molecule has 1 aromatic heterocycles. The van der Waals surface area contributed by atoms with Crippen molar-refractivity contribution in [2.24, 2.45) is 51.2 Å². The fourth-order valence-electron chi connectivity index (χ4n) is 14.3. The molecule has 53 heavy (non-hydrogen) atoms. The lowest BCUT2D eigenvalue weighted by Gasteiger charge is -2.72. The number of benzene rings is 1. The Morgan fingerprint density at radius 3 is 2.30 bits per heavy atom. The van der Waals surface area contributed by atoms with E-state index in [1.807, 2.05) is 23.1 Å². The predicted octanol–water partition coefficient (Wildman–Crippen LogP) is 8.31. The number of hydrogen-bond donors (Lipinski definition) is 1. The van der Waals surface area contributed by atoms with Crippen LogP contribution in [0.2, 0.25) is 0 Å². The van der Waals surface area contributed by atoms with Gasteiger partial charge in [0.2, 0.25) is 0 Å². The third kappa shape index (κ3) is 5.58. The van der Waals surface area contributed by atoms with Gasteiger partial charge in [-0.3, -0.25) is 9.58 Å². The summed E-state index contributed by atoms with van der Waals surface area (Å²) in [4.78, 5) is 18.9. The number of nitrogens with zero attached hydrogens (tertiary/aromatic N) is 4. The normalized spacial score (nSPS) is 40.3. The van der Waals surface area contributed by atoms with Crippen molar-refractivity contribution in [3.05, 3.63) is 65.8 Å². The Morgan fingerprint density at radius 2 is 1.62 bits per heavy atom. The highest BCUT2D eigenvalue weighted by Crippen LogP contribution is 2.77. The first-order valence-electron chi connectivity index (χ1n) is 20.5. The number of rotatable bonds is 7. The molecule has 0 spiro atoms. The van der Waals surface area contributed by atoms with Gasteiger partial charge in [0.15, 0.2) is 15.7 Å². The number of aromatic nitrogens is 3. The largest absolute Gasteiger partial charge is 0.478 e. The molecular weight excluding hydrogens is 681 g/mol. The minimum absolute atomic E-state index is 0.00869. The quantitative estimate of drug-likeness (QED) is 0.285. The first kappa shape index (κ1) is 37.2. The maximum atomic E-state index is 12.0. The molecule has 8 nitrogen and oxygen atoms in total. The van der Waals surface area contributed by atoms with Crippen molar-refractivity contribution < 1.29 is 18.3 Å². The van der Waals surface area contributed by atoms with Crippen molar-refractivity contribution in [3.63, 3.8) is 0 Å². The smallest absolute Gasteiger partial charge is 0.335 e. The summed E-state index contributed by atoms with van der Waals surface area (Å²) in [5.41, 5.74) is 4.83. The number of carboxylic acid groups (broad SMARTS) is 1. The highest BCUT2D eigenvalue weighted by Gasteiger charge is 2.71. The fourth-order valence-corrected chi connectivity index (χ4v) is 15.5. The van der Waals surface area contributed by atoms with Gasteiger partial charge in [0.25, 0.3) is 0 Å². The Balaban J connectivity index is 1.07. The van der Waals surface area contributed by atoms with Crippen LogP contribution in [-0.4, -0.2) is 70.3 Å². The van der Waals surface area contributed by atoms with Crippen molar-refractivity contribution in [2.45, 2.75) is 111 Å². The lowest BCUT2D eigenvalue weighted by Crippen LogP contribution is -2.65. The number of aromatic carboxylic acids is 1. The van der Waals surface area contributed by atoms with Gasteiger partial charge >= 0.3 is 5.97 Å². The zero-order valence-corrected chi connectivity index (χ0v) is 33.9. The molecule has 1 saturated heterocycles. The number of allylic oxidation sites excluding steroid dienone is 3. The van der Waals surface area contributed by atoms with E-state index in [0.717, 1.165) is 38.2 Å². The Bertz CT molecular complexity index is 1920. The molecule has 0 amide bonds. The van der Waals surface area contributed by atoms with Crippen molar-refractivity contribution in [2.75, 3.05) is 31.1 Å². The van der Waals surface area contributed by atoms with E-state index in [1.54, 1.807) is 12.1 Å². The summed E-state index contributed by atoms with van der Waals surface area (Å²) in [6, 6.07) is 7.57. The van der Waals surface area contributed by atoms with Gasteiger partial charge in [0.1, 0.15) is 6.33 Å². The van der Waals surface area contributed by atoms with E-state index >= 15 is 0 Å². The van der Waals surface area contributed by atoms with E-state index < -0.39 is 15.8 Å². The molecule has 8 rings (SSSR count). The maximum absolute atomic E-state index is 12.0. The zero-order chi connectivity index (χ0) is 37.8. The molecular formula is C44H62N4O4S. The summed E-state index contributed by atoms with van der Waals surface area (Å²) in [6.07, 6.45) is 15.2. The molecule has 1 aliphatic heterocycles. The topological polar surface area (TPSA) is 105 Å². The van der Waals surface area contributed by atoms with Gasteiger partial charge in [-0.25, -0.2) is 18.2 Å². The van der Waals surface area contributed by atoms with E-state index in [-0.39, 0.29) is 38.6 Å². The van der Waals surface area contributed by atoms with E-state index in [9.17, 15) is 18.3 Å². The number of hydrogen-bond acceptors (Lipinski definition) is 6. The van der Waals surface area contributed by atoms with Crippen LogP contribution in [0.15, 0.2) is 48.8 Å². The zero-order valence-electron chi connectivity index (χ0n) is 33.0. The standard InChI is InChI=1S/C44H62N4O4S/c1-29(2)32-14-19-44(39-45-28-48(46-39)23-22-47-24-26-53(51,52)27-25-47)21-20-42(6)34(37(32)44)12-13-36-41(5)17-15-33(30-8-10-31(11-9-30)38(49)50)40(3,4)35(41)16-18-43(36,42)7/h8-11,15,28,32,34-37H,1,12-14,16-27H2,2-7H3,(H,49,50)/t32-,34+,35-,36+,37+,41-,42+,43+,44-/m0/s1. The van der Waals surface area contributed by atoms with Crippen LogP contribution in [0.25, 0.3) is 5.57 Å². The van der Waals surface area contributed by atoms with Crippen LogP contribution in [0.5, 0.6) is 0 Å². The van der Waals surface area contributed by atoms with Crippen molar-refractivity contribution in [1.82, 2.24) is 19.7 Å². The van der Waals surface area contributed by atoms with Gasteiger partial charge in [0.05, 0.1) is 23.6 Å². The van der Waals surface area contributed by atoms with Crippen LogP contribution >= 0.6 is 0 Å². The third-order valence-electron chi connectivity index (χ3n) is 17.2. The lowest BCUT2D eigenvalue weighted by molar-refractivity contribution is -0.218. The van der Waals surface area contributed by atoms with Crippen molar-refractivity contribution in [3.8, 4) is 0 Å². The molecule has 9 heteroatoms. The van der Waals surface area contributed by atoms with Gasteiger partial charge in [-0.2, -0.15) is 5.10 Å². The average Bonchev–Trinajstić information content (AvgIpc) is 3.74. The summed E-state index contributed by atoms with van der Waals surface area (Å²) in [7, 11) is -2.89. The van der Waals surface area contributed by atoms with Crippen molar-refractivity contribution >= 4 is 21.4 Å². The third-order valence-corrected chi connectivity index (χ3v) is 18.8. The Hall–Kier alpha value is -2.78. The van der Waals surface area contributed by atoms with Crippen LogP contribution in [0.1, 0.15) is 121 Å². The molecule has 1 aromatic carbocycles. The summed E-state index contributed by atoms with van der Waals surface area (Å²) >= 11 is 0. The second kappa shape index (κ2) is 12.6. The first-order chi connectivity index (χ1) is 25.0. The van der Waals surface area contributed by atoms with Crippen LogP contribution in [0, 0.1) is 51.2 Å². The van der Waals surface area contributed by atoms with Crippen molar-refractivity contribution in [1.29, 1.82) is 0 Å². The van der Waals surface area contributed by atoms with Crippen LogP contribution < -0.4 is 0 Å². The molecule has 5 fully saturated rings. The second-order valence-corrected chi connectivity index (χ2v) is 21.9. The van der Waals surface area contributed by atoms with E-state index in [0.29, 0.717) is 48.2 Å². The summed E-state index contributed by atoms with van der Waals surface area (Å²) in [5.74, 6) is 3.45. The van der Waals surface area contributed by atoms with Gasteiger partial charge in [-0.05, 0) is 139 Å². The predicted molar refractivity (Wildman–Crippen MR) is 210 cm³/mol. The molecule has 2 heterocycles. The van der Waals surface area contributed by atoms with Crippen LogP contribution in [0.4, 0.5) is 0 Å². The molecule has 9 atom stereocenters. The number of carboxylic acids is 1. The molecule has 6 aliphatic rings. The molecule has 0 bridgehead atoms. The van der Waals surface area contributed by atoms with Crippen LogP contribution in [0.3, 0.4) is 0 Å². The second-order valence-electron chi connectivity index (χ2n) is 19.6. The summed E-state index contributed by atoms with van der Waals surface area (Å²) in [6.45, 7) is 22.5. The van der Waals surface area contributed by atoms with Crippen LogP contribution in [-0.2, 0) is 21.8 Å². The Labute approximate surface area is 317 Å². The fraction of sp³-hybridized carbons (Fsp3) is 0.705. The summed E-state index contributed by atoms with van der Waals surface area (Å²) in [5, 5.41) is 14.8. The van der Waals surface area contributed by atoms with Gasteiger partial charge in [-0.15, -0.1) is 0 Å². The highest BCUT2D eigenvalue weighted by atomic mass is 32.2. The number of carbonyl (C=O) groups is 1. The van der Waals surface area contributed by atoms with Gasteiger partial charge in [0, 0.05) is 25.0 Å². The molecule has 2 aromatic rings. The lowest BCUT2D eigenvalue weighted by atomic mass is 9.32. The van der Waals surface area contributed by atoms with E-state index in [4.69, 9.17) is 10.1 Å². The van der Waals surface area contributed by atoms with Gasteiger partial charge < -0.3 is 5.11 Å². The van der Waals surface area contributed by atoms with Gasteiger partial charge in [-0.1, -0.05) is 65.0 Å². The molecule has 1 N–H and O–H groups in total. The first-order valence-corrected chi connectivity index (χ1v) is 22.3. The van der Waals surface area contributed by atoms with E-state index in [1.165, 1.54) is 55.2 Å². The molecule has 4 saturated carbocycles. The molecule has 5 aliphatic carbocycles. The maximum Gasteiger partial charge on any atom is 0.335 e. The number of fused-ring (bicyclic) bond motifs is 7. The van der Waals surface area contributed by atoms with E-state index in [2.05, 4.69) is 59.1 Å². The summed E-state index contributed by atoms with van der Waals surface area (Å²) < 4.78 is 26.0. The Kier molecular flexibility index (Phi) is 8.85. The molecule has 0 unspecified atom stereocenters. The number of sulfone groups is 1. The molecule has 288 valence electrons. The molecule has 0 radical (unpaired) electrons. The average molecular weight is 743 g/mol. The minimum atomic E-state index is -2.89. The highest BCUT2D eigenvalue weighted by molar-refractivity contribution is 7.91. The monoisotopic (exact) mass is 742 g/mol.